The first kappa shape index (κ1) is 8.76. The standard InChI is InChI=1S/C10H13N3O2/c14-8-7-9(15)13-6-2-4-11-3-1-5-12(8)10(11)13/h7H,1-6H2/p+1. The lowest BCUT2D eigenvalue weighted by Crippen LogP contribution is -2.55. The van der Waals surface area contributed by atoms with Crippen molar-refractivity contribution in [1.29, 1.82) is 0 Å². The Bertz CT molecular complexity index is 464. The second-order valence-corrected chi connectivity index (χ2v) is 4.14. The number of hydrogen-bond donors (Lipinski definition) is 1. The van der Waals surface area contributed by atoms with Gasteiger partial charge in [-0.05, 0) is 0 Å². The fourth-order valence-corrected chi connectivity index (χ4v) is 2.53. The van der Waals surface area contributed by atoms with Crippen molar-refractivity contribution in [2.75, 3.05) is 18.0 Å². The smallest absolute Gasteiger partial charge is 0.365 e. The van der Waals surface area contributed by atoms with Crippen LogP contribution in [0.1, 0.15) is 12.8 Å². The maximum atomic E-state index is 11.7. The Balaban J connectivity index is 2.31. The summed E-state index contributed by atoms with van der Waals surface area (Å²) in [5.74, 6) is 0.982. The monoisotopic (exact) mass is 208 g/mol. The fourth-order valence-electron chi connectivity index (χ4n) is 2.53. The van der Waals surface area contributed by atoms with E-state index < -0.39 is 0 Å². The Morgan fingerprint density at radius 2 is 2.07 bits per heavy atom. The molecular formula is C10H14N3O2+. The Kier molecular flexibility index (Phi) is 1.74. The van der Waals surface area contributed by atoms with Gasteiger partial charge in [0.15, 0.2) is 0 Å². The normalized spacial score (nSPS) is 18.8. The van der Waals surface area contributed by atoms with Crippen LogP contribution in [0.3, 0.4) is 0 Å². The van der Waals surface area contributed by atoms with Crippen LogP contribution in [-0.2, 0) is 13.1 Å². The first-order chi connectivity index (χ1) is 7.27. The number of nitrogens with zero attached hydrogens (tertiary/aromatic N) is 3. The highest BCUT2D eigenvalue weighted by molar-refractivity contribution is 5.29. The molecule has 0 aliphatic carbocycles. The predicted octanol–water partition coefficient (Wildman–Crippen LogP) is -0.545. The summed E-state index contributed by atoms with van der Waals surface area (Å²) in [4.78, 5) is 13.9. The van der Waals surface area contributed by atoms with Crippen LogP contribution in [0.5, 0.6) is 5.88 Å². The van der Waals surface area contributed by atoms with E-state index in [1.165, 1.54) is 6.07 Å². The highest BCUT2D eigenvalue weighted by atomic mass is 16.3. The van der Waals surface area contributed by atoms with Crippen molar-refractivity contribution in [1.82, 2.24) is 4.57 Å². The zero-order valence-corrected chi connectivity index (χ0v) is 8.52. The average molecular weight is 208 g/mol. The fraction of sp³-hybridized carbons (Fsp3) is 0.600. The van der Waals surface area contributed by atoms with Crippen molar-refractivity contribution in [2.24, 2.45) is 0 Å². The number of aromatic hydroxyl groups is 1. The summed E-state index contributed by atoms with van der Waals surface area (Å²) in [5.41, 5.74) is -0.0923. The molecule has 1 aromatic heterocycles. The lowest BCUT2D eigenvalue weighted by molar-refractivity contribution is -0.698. The second-order valence-electron chi connectivity index (χ2n) is 4.14. The lowest BCUT2D eigenvalue weighted by Gasteiger charge is -2.30. The van der Waals surface area contributed by atoms with E-state index in [0.29, 0.717) is 0 Å². The Labute approximate surface area is 87.2 Å². The van der Waals surface area contributed by atoms with Crippen LogP contribution in [0.2, 0.25) is 0 Å². The van der Waals surface area contributed by atoms with Crippen LogP contribution < -0.4 is 15.0 Å². The summed E-state index contributed by atoms with van der Waals surface area (Å²) >= 11 is 0. The van der Waals surface area contributed by atoms with Crippen LogP contribution in [0.15, 0.2) is 10.9 Å². The van der Waals surface area contributed by atoms with E-state index in [-0.39, 0.29) is 11.4 Å². The Morgan fingerprint density at radius 3 is 2.93 bits per heavy atom. The third-order valence-electron chi connectivity index (χ3n) is 3.18. The summed E-state index contributed by atoms with van der Waals surface area (Å²) in [6, 6.07) is 1.32. The van der Waals surface area contributed by atoms with Crippen molar-refractivity contribution in [2.45, 2.75) is 25.9 Å². The van der Waals surface area contributed by atoms with Gasteiger partial charge < -0.3 is 5.11 Å². The van der Waals surface area contributed by atoms with E-state index in [1.54, 1.807) is 4.57 Å². The predicted molar refractivity (Wildman–Crippen MR) is 54.0 cm³/mol. The molecule has 0 spiro atoms. The zero-order valence-electron chi connectivity index (χ0n) is 8.52. The second kappa shape index (κ2) is 2.98. The number of aromatic nitrogens is 2. The number of anilines is 1. The van der Waals surface area contributed by atoms with E-state index in [2.05, 4.69) is 4.90 Å². The number of rotatable bonds is 0. The molecule has 0 saturated carbocycles. The molecule has 0 aromatic carbocycles. The van der Waals surface area contributed by atoms with Gasteiger partial charge in [0, 0.05) is 12.8 Å². The first-order valence-electron chi connectivity index (χ1n) is 5.39. The molecule has 0 amide bonds. The molecular weight excluding hydrogens is 194 g/mol. The van der Waals surface area contributed by atoms with Gasteiger partial charge in [0.05, 0.1) is 32.2 Å². The molecule has 2 aliphatic heterocycles. The van der Waals surface area contributed by atoms with E-state index in [1.807, 2.05) is 4.57 Å². The van der Waals surface area contributed by atoms with Gasteiger partial charge in [-0.1, -0.05) is 0 Å². The lowest BCUT2D eigenvalue weighted by atomic mass is 10.2. The number of hydrogen-bond acceptors (Lipinski definition) is 3. The van der Waals surface area contributed by atoms with E-state index in [0.717, 1.165) is 45.0 Å². The minimum Gasteiger partial charge on any atom is -0.483 e. The van der Waals surface area contributed by atoms with Crippen molar-refractivity contribution in [3.63, 3.8) is 0 Å². The van der Waals surface area contributed by atoms with Crippen LogP contribution >= 0.6 is 0 Å². The topological polar surface area (TPSA) is 49.4 Å². The van der Waals surface area contributed by atoms with Gasteiger partial charge >= 0.3 is 11.5 Å². The highest BCUT2D eigenvalue weighted by Crippen LogP contribution is 2.20. The average Bonchev–Trinajstić information content (AvgIpc) is 2.25. The van der Waals surface area contributed by atoms with Crippen molar-refractivity contribution in [3.05, 3.63) is 16.4 Å². The van der Waals surface area contributed by atoms with Gasteiger partial charge in [-0.2, -0.15) is 4.57 Å². The quantitative estimate of drug-likeness (QED) is 0.582. The van der Waals surface area contributed by atoms with Crippen LogP contribution in [0.4, 0.5) is 5.95 Å². The minimum absolute atomic E-state index is 0.0923. The molecule has 3 heterocycles. The molecule has 0 bridgehead atoms. The van der Waals surface area contributed by atoms with E-state index in [9.17, 15) is 9.90 Å². The van der Waals surface area contributed by atoms with E-state index >= 15 is 0 Å². The first-order valence-corrected chi connectivity index (χ1v) is 5.39. The molecule has 0 saturated heterocycles. The van der Waals surface area contributed by atoms with Crippen LogP contribution in [0.25, 0.3) is 0 Å². The summed E-state index contributed by atoms with van der Waals surface area (Å²) in [5, 5.41) is 9.72. The molecule has 5 nitrogen and oxygen atoms in total. The highest BCUT2D eigenvalue weighted by Gasteiger charge is 2.33. The van der Waals surface area contributed by atoms with Gasteiger partial charge in [0.25, 0.3) is 5.88 Å². The molecule has 0 fully saturated rings. The van der Waals surface area contributed by atoms with Crippen LogP contribution in [-0.4, -0.2) is 22.8 Å². The molecule has 0 atom stereocenters. The molecule has 0 radical (unpaired) electrons. The van der Waals surface area contributed by atoms with Crippen molar-refractivity contribution < 1.29 is 9.67 Å². The SMILES string of the molecule is O=c1cc(O)[n+]2c3n1CCCN3CCC2. The maximum Gasteiger partial charge on any atom is 0.365 e. The van der Waals surface area contributed by atoms with Gasteiger partial charge in [0.2, 0.25) is 0 Å². The summed E-state index contributed by atoms with van der Waals surface area (Å²) in [6.45, 7) is 3.55. The molecule has 0 unspecified atom stereocenters. The minimum atomic E-state index is -0.0923. The largest absolute Gasteiger partial charge is 0.483 e. The van der Waals surface area contributed by atoms with Gasteiger partial charge in [0.1, 0.15) is 0 Å². The molecule has 1 aromatic rings. The van der Waals surface area contributed by atoms with Gasteiger partial charge in [-0.25, -0.2) is 4.57 Å². The molecule has 3 rings (SSSR count). The third kappa shape index (κ3) is 1.15. The third-order valence-corrected chi connectivity index (χ3v) is 3.18. The van der Waals surface area contributed by atoms with Crippen molar-refractivity contribution in [3.8, 4) is 5.88 Å². The maximum absolute atomic E-state index is 11.7. The summed E-state index contributed by atoms with van der Waals surface area (Å²) < 4.78 is 3.60. The van der Waals surface area contributed by atoms with E-state index in [4.69, 9.17) is 0 Å². The molecule has 1 N–H and O–H groups in total. The molecule has 80 valence electrons. The van der Waals surface area contributed by atoms with Gasteiger partial charge in [-0.15, -0.1) is 0 Å². The zero-order chi connectivity index (χ0) is 10.4. The molecule has 5 heteroatoms. The molecule has 2 aliphatic rings. The van der Waals surface area contributed by atoms with Gasteiger partial charge in [-0.3, -0.25) is 9.69 Å². The summed E-state index contributed by atoms with van der Waals surface area (Å²) in [6.07, 6.45) is 2.04. The van der Waals surface area contributed by atoms with Crippen molar-refractivity contribution >= 4 is 5.95 Å². The summed E-state index contributed by atoms with van der Waals surface area (Å²) in [7, 11) is 0. The Morgan fingerprint density at radius 1 is 1.27 bits per heavy atom. The van der Waals surface area contributed by atoms with Crippen LogP contribution in [0, 0.1) is 0 Å². The Hall–Kier alpha value is -1.52. The molecule has 15 heavy (non-hydrogen) atoms.